The molecule has 0 bridgehead atoms. The summed E-state index contributed by atoms with van der Waals surface area (Å²) in [4.78, 5) is 10.5. The van der Waals surface area contributed by atoms with E-state index in [0.29, 0.717) is 11.7 Å². The van der Waals surface area contributed by atoms with E-state index in [1.54, 1.807) is 6.92 Å². The van der Waals surface area contributed by atoms with Gasteiger partial charge in [-0.25, -0.2) is 0 Å². The molecule has 0 rings (SSSR count). The molecule has 0 aliphatic heterocycles. The van der Waals surface area contributed by atoms with Gasteiger partial charge in [-0.05, 0) is 18.4 Å². The van der Waals surface area contributed by atoms with Gasteiger partial charge in [-0.3, -0.25) is 4.79 Å². The Morgan fingerprint density at radius 1 is 1.25 bits per heavy atom. The van der Waals surface area contributed by atoms with E-state index in [9.17, 15) is 4.79 Å². The van der Waals surface area contributed by atoms with Crippen LogP contribution in [-0.2, 0) is 9.53 Å². The average Bonchev–Trinajstić information content (AvgIpc) is 1.84. The highest BCUT2D eigenvalue weighted by molar-refractivity contribution is 5.67. The topological polar surface area (TPSA) is 26.3 Å². The first-order valence-electron chi connectivity index (χ1n) is 4.06. The van der Waals surface area contributed by atoms with Crippen molar-refractivity contribution in [2.24, 2.45) is 5.92 Å². The van der Waals surface area contributed by atoms with E-state index in [4.69, 9.17) is 4.74 Å². The fraction of sp³-hybridized carbons (Fsp3) is 0.600. The minimum atomic E-state index is -0.295. The summed E-state index contributed by atoms with van der Waals surface area (Å²) >= 11 is 0. The number of esters is 1. The van der Waals surface area contributed by atoms with Crippen molar-refractivity contribution in [2.45, 2.75) is 34.6 Å². The second-order valence-electron chi connectivity index (χ2n) is 3.11. The first kappa shape index (κ1) is 11.0. The number of hydrogen-bond acceptors (Lipinski definition) is 2. The zero-order chi connectivity index (χ0) is 9.72. The van der Waals surface area contributed by atoms with Gasteiger partial charge in [-0.1, -0.05) is 19.6 Å². The molecule has 0 amide bonds. The van der Waals surface area contributed by atoms with Crippen LogP contribution >= 0.6 is 0 Å². The maximum absolute atomic E-state index is 10.5. The molecule has 0 saturated heterocycles. The van der Waals surface area contributed by atoms with Gasteiger partial charge < -0.3 is 4.74 Å². The molecular formula is C10H16O2. The van der Waals surface area contributed by atoms with Crippen molar-refractivity contribution < 1.29 is 9.53 Å². The van der Waals surface area contributed by atoms with Crippen molar-refractivity contribution >= 4 is 5.97 Å². The molecule has 0 heterocycles. The zero-order valence-electron chi connectivity index (χ0n) is 8.39. The molecule has 0 aliphatic carbocycles. The Hall–Kier alpha value is -1.01. The van der Waals surface area contributed by atoms with Crippen LogP contribution in [-0.4, -0.2) is 5.97 Å². The lowest BCUT2D eigenvalue weighted by Gasteiger charge is -2.01. The van der Waals surface area contributed by atoms with Crippen LogP contribution in [0.15, 0.2) is 17.1 Å². The second kappa shape index (κ2) is 4.78. The van der Waals surface area contributed by atoms with Crippen LogP contribution in [0.5, 0.6) is 0 Å². The molecule has 2 heteroatoms. The van der Waals surface area contributed by atoms with Crippen molar-refractivity contribution in [3.8, 4) is 0 Å². The fourth-order valence-electron chi connectivity index (χ4n) is 0.663. The highest BCUT2D eigenvalue weighted by atomic mass is 16.5. The summed E-state index contributed by atoms with van der Waals surface area (Å²) in [6.07, 6.45) is 0. The van der Waals surface area contributed by atoms with Crippen molar-refractivity contribution in [3.63, 3.8) is 0 Å². The van der Waals surface area contributed by atoms with E-state index in [0.717, 1.165) is 5.57 Å². The summed E-state index contributed by atoms with van der Waals surface area (Å²) in [5, 5.41) is 0. The van der Waals surface area contributed by atoms with Gasteiger partial charge in [-0.2, -0.15) is 0 Å². The molecule has 0 spiro atoms. The van der Waals surface area contributed by atoms with Gasteiger partial charge in [-0.15, -0.1) is 0 Å². The lowest BCUT2D eigenvalue weighted by Crippen LogP contribution is -1.95. The Balaban J connectivity index is 4.51. The summed E-state index contributed by atoms with van der Waals surface area (Å²) in [5.74, 6) is 0.681. The molecule has 2 nitrogen and oxygen atoms in total. The summed E-state index contributed by atoms with van der Waals surface area (Å²) in [5.41, 5.74) is 4.09. The van der Waals surface area contributed by atoms with Gasteiger partial charge in [0.15, 0.2) is 0 Å². The van der Waals surface area contributed by atoms with Gasteiger partial charge in [0.25, 0.3) is 0 Å². The first-order valence-corrected chi connectivity index (χ1v) is 4.06. The second-order valence-corrected chi connectivity index (χ2v) is 3.11. The molecule has 68 valence electrons. The minimum absolute atomic E-state index is 0.295. The summed E-state index contributed by atoms with van der Waals surface area (Å²) < 4.78 is 4.82. The lowest BCUT2D eigenvalue weighted by atomic mass is 10.1. The molecule has 0 aromatic carbocycles. The summed E-state index contributed by atoms with van der Waals surface area (Å²) in [6, 6.07) is 0. The third kappa shape index (κ3) is 4.75. The Bertz CT molecular complexity index is 230. The predicted octanol–water partition coefficient (Wildman–Crippen LogP) is 2.65. The van der Waals surface area contributed by atoms with E-state index in [1.165, 1.54) is 6.92 Å². The van der Waals surface area contributed by atoms with Crippen LogP contribution in [0.1, 0.15) is 34.6 Å². The van der Waals surface area contributed by atoms with Crippen molar-refractivity contribution in [3.05, 3.63) is 17.1 Å². The summed E-state index contributed by atoms with van der Waals surface area (Å²) in [7, 11) is 0. The number of hydrogen-bond donors (Lipinski definition) is 0. The van der Waals surface area contributed by atoms with Crippen LogP contribution in [0.3, 0.4) is 0 Å². The number of ether oxygens (including phenoxy) is 1. The largest absolute Gasteiger partial charge is 0.423 e. The Morgan fingerprint density at radius 3 is 2.08 bits per heavy atom. The Morgan fingerprint density at radius 2 is 1.75 bits per heavy atom. The Labute approximate surface area is 73.9 Å². The highest BCUT2D eigenvalue weighted by Gasteiger charge is 1.97. The first-order chi connectivity index (χ1) is 5.43. The molecule has 0 aliphatic rings. The van der Waals surface area contributed by atoms with Crippen LogP contribution < -0.4 is 0 Å². The fourth-order valence-corrected chi connectivity index (χ4v) is 0.663. The zero-order valence-corrected chi connectivity index (χ0v) is 8.39. The molecule has 0 radical (unpaired) electrons. The SMILES string of the molecule is CC(=O)OC(C)=C=C(C)C(C)C. The van der Waals surface area contributed by atoms with Gasteiger partial charge >= 0.3 is 5.97 Å². The minimum Gasteiger partial charge on any atom is -0.423 e. The maximum atomic E-state index is 10.5. The van der Waals surface area contributed by atoms with Crippen molar-refractivity contribution in [1.29, 1.82) is 0 Å². The molecule has 0 saturated carbocycles. The standard InChI is InChI=1S/C10H16O2/c1-7(2)8(3)6-9(4)12-10(5)11/h7H,1-5H3. The molecule has 0 N–H and O–H groups in total. The van der Waals surface area contributed by atoms with Gasteiger partial charge in [0.2, 0.25) is 0 Å². The van der Waals surface area contributed by atoms with Crippen molar-refractivity contribution in [2.75, 3.05) is 0 Å². The third-order valence-corrected chi connectivity index (χ3v) is 1.54. The average molecular weight is 168 g/mol. The van der Waals surface area contributed by atoms with Crippen LogP contribution in [0, 0.1) is 5.92 Å². The smallest absolute Gasteiger partial charge is 0.308 e. The number of allylic oxidation sites excluding steroid dienone is 1. The van der Waals surface area contributed by atoms with Gasteiger partial charge in [0, 0.05) is 13.8 Å². The molecule has 0 atom stereocenters. The van der Waals surface area contributed by atoms with Gasteiger partial charge in [0.1, 0.15) is 5.76 Å². The predicted molar refractivity (Wildman–Crippen MR) is 48.5 cm³/mol. The van der Waals surface area contributed by atoms with Crippen LogP contribution in [0.25, 0.3) is 0 Å². The number of rotatable bonds is 2. The van der Waals surface area contributed by atoms with E-state index < -0.39 is 0 Å². The van der Waals surface area contributed by atoms with Crippen LogP contribution in [0.2, 0.25) is 0 Å². The molecular weight excluding hydrogens is 152 g/mol. The molecule has 0 fully saturated rings. The lowest BCUT2D eigenvalue weighted by molar-refractivity contribution is -0.136. The molecule has 0 aromatic heterocycles. The Kier molecular flexibility index (Phi) is 4.38. The monoisotopic (exact) mass is 168 g/mol. The van der Waals surface area contributed by atoms with Gasteiger partial charge in [0.05, 0.1) is 0 Å². The summed E-state index contributed by atoms with van der Waals surface area (Å²) in [6.45, 7) is 9.23. The number of carbonyl (C=O) groups excluding carboxylic acids is 1. The van der Waals surface area contributed by atoms with E-state index in [2.05, 4.69) is 19.6 Å². The van der Waals surface area contributed by atoms with E-state index >= 15 is 0 Å². The quantitative estimate of drug-likeness (QED) is 0.360. The van der Waals surface area contributed by atoms with E-state index in [-0.39, 0.29) is 5.97 Å². The third-order valence-electron chi connectivity index (χ3n) is 1.54. The van der Waals surface area contributed by atoms with Crippen LogP contribution in [0.4, 0.5) is 0 Å². The van der Waals surface area contributed by atoms with Crippen molar-refractivity contribution in [1.82, 2.24) is 0 Å². The molecule has 0 aromatic rings. The molecule has 12 heavy (non-hydrogen) atoms. The highest BCUT2D eigenvalue weighted by Crippen LogP contribution is 2.07. The maximum Gasteiger partial charge on any atom is 0.308 e. The molecule has 0 unspecified atom stereocenters. The normalized spacial score (nSPS) is 9.17. The number of carbonyl (C=O) groups is 1. The van der Waals surface area contributed by atoms with E-state index in [1.807, 2.05) is 6.92 Å².